The predicted molar refractivity (Wildman–Crippen MR) is 116 cm³/mol. The first kappa shape index (κ1) is 23.1. The molecule has 0 saturated heterocycles. The maximum absolute atomic E-state index is 12.6. The second-order valence-corrected chi connectivity index (χ2v) is 8.16. The summed E-state index contributed by atoms with van der Waals surface area (Å²) in [5.74, 6) is -1.07. The van der Waals surface area contributed by atoms with Crippen LogP contribution in [0.2, 0.25) is 10.0 Å². The minimum absolute atomic E-state index is 0.0777. The Morgan fingerprint density at radius 3 is 2.34 bits per heavy atom. The van der Waals surface area contributed by atoms with E-state index in [1.54, 1.807) is 38.4 Å². The number of hydrogen-bond donors (Lipinski definition) is 1. The van der Waals surface area contributed by atoms with Crippen LogP contribution in [0.1, 0.15) is 17.3 Å². The molecule has 1 unspecified atom stereocenters. The highest BCUT2D eigenvalue weighted by Gasteiger charge is 2.21. The number of carbonyl (C=O) groups is 3. The maximum atomic E-state index is 12.6. The fraction of sp³-hybridized carbons (Fsp3) is 0.250. The number of amides is 2. The third-order valence-corrected chi connectivity index (χ3v) is 5.23. The van der Waals surface area contributed by atoms with Crippen LogP contribution in [0.15, 0.2) is 47.4 Å². The van der Waals surface area contributed by atoms with Crippen LogP contribution in [-0.2, 0) is 14.3 Å². The minimum Gasteiger partial charge on any atom is -0.449 e. The zero-order valence-corrected chi connectivity index (χ0v) is 18.4. The van der Waals surface area contributed by atoms with E-state index in [0.29, 0.717) is 20.6 Å². The van der Waals surface area contributed by atoms with E-state index in [0.717, 1.165) is 0 Å². The lowest BCUT2D eigenvalue weighted by Crippen LogP contribution is -2.30. The van der Waals surface area contributed by atoms with Crippen molar-refractivity contribution in [1.29, 1.82) is 0 Å². The van der Waals surface area contributed by atoms with Gasteiger partial charge in [0.25, 0.3) is 5.91 Å². The molecule has 1 atom stereocenters. The first-order chi connectivity index (χ1) is 13.7. The normalized spacial score (nSPS) is 11.5. The van der Waals surface area contributed by atoms with Crippen LogP contribution in [0.25, 0.3) is 0 Å². The summed E-state index contributed by atoms with van der Waals surface area (Å²) in [7, 11) is 3.33. The van der Waals surface area contributed by atoms with E-state index in [2.05, 4.69) is 5.32 Å². The van der Waals surface area contributed by atoms with E-state index in [1.165, 1.54) is 41.8 Å². The van der Waals surface area contributed by atoms with Gasteiger partial charge in [0, 0.05) is 34.7 Å². The first-order valence-electron chi connectivity index (χ1n) is 8.57. The van der Waals surface area contributed by atoms with Gasteiger partial charge in [-0.25, -0.2) is 4.79 Å². The van der Waals surface area contributed by atoms with E-state index >= 15 is 0 Å². The van der Waals surface area contributed by atoms with Crippen LogP contribution in [-0.4, -0.2) is 48.6 Å². The minimum atomic E-state index is -1.05. The Balaban J connectivity index is 2.03. The lowest BCUT2D eigenvalue weighted by molar-refractivity contribution is -0.126. The number of rotatable bonds is 7. The molecular formula is C20H20Cl2N2O4S. The molecule has 0 aliphatic heterocycles. The lowest BCUT2D eigenvalue weighted by atomic mass is 10.2. The zero-order valence-electron chi connectivity index (χ0n) is 16.1. The van der Waals surface area contributed by atoms with E-state index in [-0.39, 0.29) is 17.2 Å². The van der Waals surface area contributed by atoms with Gasteiger partial charge in [0.15, 0.2) is 6.10 Å². The molecule has 0 radical (unpaired) electrons. The number of esters is 1. The van der Waals surface area contributed by atoms with E-state index in [1.807, 2.05) is 0 Å². The highest BCUT2D eigenvalue weighted by atomic mass is 35.5. The molecule has 154 valence electrons. The summed E-state index contributed by atoms with van der Waals surface area (Å²) in [6.07, 6.45) is -1.05. The maximum Gasteiger partial charge on any atom is 0.340 e. The second kappa shape index (κ2) is 10.5. The molecule has 2 rings (SSSR count). The Morgan fingerprint density at radius 2 is 1.72 bits per heavy atom. The molecule has 0 aliphatic rings. The van der Waals surface area contributed by atoms with Crippen molar-refractivity contribution in [3.63, 3.8) is 0 Å². The third kappa shape index (κ3) is 6.96. The van der Waals surface area contributed by atoms with Gasteiger partial charge < -0.3 is 15.0 Å². The van der Waals surface area contributed by atoms with Gasteiger partial charge in [0.2, 0.25) is 5.91 Å². The molecule has 2 aromatic carbocycles. The fourth-order valence-electron chi connectivity index (χ4n) is 2.18. The Morgan fingerprint density at radius 1 is 1.10 bits per heavy atom. The molecule has 2 aromatic rings. The van der Waals surface area contributed by atoms with E-state index < -0.39 is 18.0 Å². The summed E-state index contributed by atoms with van der Waals surface area (Å²) in [5, 5.41) is 3.35. The van der Waals surface area contributed by atoms with Gasteiger partial charge in [-0.15, -0.1) is 11.8 Å². The standard InChI is InChI=1S/C20H20Cl2N2O4S/c1-12(19(26)23-15-9-13(21)8-14(22)10-15)28-20(27)16-6-4-5-7-17(16)29-11-18(25)24(2)3/h4-10,12H,11H2,1-3H3,(H,23,26). The number of nitrogens with zero attached hydrogens (tertiary/aromatic N) is 1. The van der Waals surface area contributed by atoms with Crippen molar-refractivity contribution in [1.82, 2.24) is 4.90 Å². The number of ether oxygens (including phenoxy) is 1. The average molecular weight is 455 g/mol. The molecule has 0 aliphatic carbocycles. The largest absolute Gasteiger partial charge is 0.449 e. The smallest absolute Gasteiger partial charge is 0.340 e. The lowest BCUT2D eigenvalue weighted by Gasteiger charge is -2.15. The van der Waals surface area contributed by atoms with Gasteiger partial charge in [0.05, 0.1) is 11.3 Å². The van der Waals surface area contributed by atoms with Gasteiger partial charge in [-0.3, -0.25) is 9.59 Å². The molecule has 0 heterocycles. The summed E-state index contributed by atoms with van der Waals surface area (Å²) >= 11 is 13.1. The number of benzene rings is 2. The molecule has 0 bridgehead atoms. The highest BCUT2D eigenvalue weighted by molar-refractivity contribution is 8.00. The van der Waals surface area contributed by atoms with Crippen molar-refractivity contribution in [2.75, 3.05) is 25.2 Å². The van der Waals surface area contributed by atoms with Crippen molar-refractivity contribution in [3.8, 4) is 0 Å². The van der Waals surface area contributed by atoms with Crippen LogP contribution in [0.4, 0.5) is 5.69 Å². The molecule has 0 fully saturated rings. The summed E-state index contributed by atoms with van der Waals surface area (Å²) < 4.78 is 5.30. The number of thioether (sulfide) groups is 1. The molecule has 0 saturated carbocycles. The van der Waals surface area contributed by atoms with Crippen LogP contribution in [0, 0.1) is 0 Å². The van der Waals surface area contributed by atoms with Crippen molar-refractivity contribution in [2.24, 2.45) is 0 Å². The summed E-state index contributed by atoms with van der Waals surface area (Å²) in [4.78, 5) is 38.8. The Kier molecular flexibility index (Phi) is 8.37. The quantitative estimate of drug-likeness (QED) is 0.496. The number of carbonyl (C=O) groups excluding carboxylic acids is 3. The molecular weight excluding hydrogens is 435 g/mol. The predicted octanol–water partition coefficient (Wildman–Crippen LogP) is 4.36. The van der Waals surface area contributed by atoms with Crippen molar-refractivity contribution in [3.05, 3.63) is 58.1 Å². The van der Waals surface area contributed by atoms with Gasteiger partial charge in [-0.05, 0) is 37.3 Å². The molecule has 1 N–H and O–H groups in total. The van der Waals surface area contributed by atoms with Crippen molar-refractivity contribution >= 4 is 58.4 Å². The topological polar surface area (TPSA) is 75.7 Å². The highest BCUT2D eigenvalue weighted by Crippen LogP contribution is 2.25. The summed E-state index contributed by atoms with van der Waals surface area (Å²) in [6, 6.07) is 11.4. The SMILES string of the molecule is CC(OC(=O)c1ccccc1SCC(=O)N(C)C)C(=O)Nc1cc(Cl)cc(Cl)c1. The number of anilines is 1. The van der Waals surface area contributed by atoms with Gasteiger partial charge in [-0.1, -0.05) is 35.3 Å². The van der Waals surface area contributed by atoms with Gasteiger partial charge in [0.1, 0.15) is 0 Å². The first-order valence-corrected chi connectivity index (χ1v) is 10.3. The van der Waals surface area contributed by atoms with Crippen LogP contribution >= 0.6 is 35.0 Å². The fourth-order valence-corrected chi connectivity index (χ4v) is 3.72. The average Bonchev–Trinajstić information content (AvgIpc) is 2.65. The summed E-state index contributed by atoms with van der Waals surface area (Å²) in [5.41, 5.74) is 0.683. The molecule has 2 amide bonds. The second-order valence-electron chi connectivity index (χ2n) is 6.27. The Hall–Kier alpha value is -2.22. The molecule has 9 heteroatoms. The zero-order chi connectivity index (χ0) is 21.6. The number of halogens is 2. The third-order valence-electron chi connectivity index (χ3n) is 3.74. The molecule has 6 nitrogen and oxygen atoms in total. The number of hydrogen-bond acceptors (Lipinski definition) is 5. The van der Waals surface area contributed by atoms with E-state index in [9.17, 15) is 14.4 Å². The van der Waals surface area contributed by atoms with Crippen molar-refractivity contribution in [2.45, 2.75) is 17.9 Å². The van der Waals surface area contributed by atoms with Gasteiger partial charge >= 0.3 is 5.97 Å². The molecule has 0 aromatic heterocycles. The Labute approximate surface area is 183 Å². The van der Waals surface area contributed by atoms with Crippen LogP contribution < -0.4 is 5.32 Å². The van der Waals surface area contributed by atoms with Crippen LogP contribution in [0.3, 0.4) is 0 Å². The van der Waals surface area contributed by atoms with Gasteiger partial charge in [-0.2, -0.15) is 0 Å². The van der Waals surface area contributed by atoms with Crippen molar-refractivity contribution < 1.29 is 19.1 Å². The Bertz CT molecular complexity index is 901. The van der Waals surface area contributed by atoms with E-state index in [4.69, 9.17) is 27.9 Å². The summed E-state index contributed by atoms with van der Waals surface area (Å²) in [6.45, 7) is 1.46. The van der Waals surface area contributed by atoms with Crippen LogP contribution in [0.5, 0.6) is 0 Å². The monoisotopic (exact) mass is 454 g/mol. The molecule has 29 heavy (non-hydrogen) atoms. The number of nitrogens with one attached hydrogen (secondary N) is 1. The molecule has 0 spiro atoms.